The molecule has 3 nitrogen and oxygen atoms in total. The fourth-order valence-corrected chi connectivity index (χ4v) is 7.63. The summed E-state index contributed by atoms with van der Waals surface area (Å²) in [7, 11) is -1.90. The first kappa shape index (κ1) is 27.4. The van der Waals surface area contributed by atoms with Gasteiger partial charge in [0.05, 0.1) is 13.4 Å². The molecule has 0 unspecified atom stereocenters. The lowest BCUT2D eigenvalue weighted by molar-refractivity contribution is 0.385. The monoisotopic (exact) mass is 1010 g/mol. The maximum Gasteiger partial charge on any atom is 0.530 e. The molecular weight excluding hydrogens is 1010 g/mol. The average Bonchev–Trinajstić information content (AvgIpc) is 2.68. The maximum atomic E-state index is 6.17. The van der Waals surface area contributed by atoms with Crippen LogP contribution in [0.25, 0.3) is 0 Å². The number of hydrogen-bond donors (Lipinski definition) is 0. The van der Waals surface area contributed by atoms with E-state index in [2.05, 4.69) is 143 Å². The Morgan fingerprint density at radius 1 is 0.355 bits per heavy atom. The molecule has 0 aliphatic carbocycles. The van der Waals surface area contributed by atoms with E-state index in [0.717, 1.165) is 40.3 Å². The van der Waals surface area contributed by atoms with Gasteiger partial charge < -0.3 is 13.6 Å². The van der Waals surface area contributed by atoms with Gasteiger partial charge in [0.15, 0.2) is 0 Å². The van der Waals surface area contributed by atoms with E-state index in [4.69, 9.17) is 13.6 Å². The molecule has 3 rings (SSSR count). The summed E-state index contributed by atoms with van der Waals surface area (Å²) in [6.07, 6.45) is 0. The zero-order valence-electron chi connectivity index (χ0n) is 14.5. The van der Waals surface area contributed by atoms with Gasteiger partial charge >= 0.3 is 8.60 Å². The zero-order chi connectivity index (χ0) is 22.9. The molecule has 0 atom stereocenters. The second-order valence-electron chi connectivity index (χ2n) is 5.59. The molecule has 0 radical (unpaired) electrons. The number of halogens is 9. The van der Waals surface area contributed by atoms with Crippen molar-refractivity contribution in [3.8, 4) is 17.2 Å². The SMILES string of the molecule is Brc1cc(Br)c(OP(Oc2cc(Br)c(Br)cc2Br)Oc2cc(Br)c(Br)cc2Br)cc1Br. The Bertz CT molecular complexity index is 1000. The van der Waals surface area contributed by atoms with Crippen molar-refractivity contribution in [2.24, 2.45) is 0 Å². The van der Waals surface area contributed by atoms with E-state index in [1.807, 2.05) is 36.4 Å². The van der Waals surface area contributed by atoms with Crippen molar-refractivity contribution in [2.45, 2.75) is 0 Å². The molecule has 0 aromatic heterocycles. The first-order chi connectivity index (χ1) is 14.5. The molecule has 0 saturated carbocycles. The van der Waals surface area contributed by atoms with Gasteiger partial charge in [-0.05, 0) is 180 Å². The first-order valence-electron chi connectivity index (χ1n) is 7.83. The molecule has 0 N–H and O–H groups in total. The van der Waals surface area contributed by atoms with Crippen molar-refractivity contribution in [3.05, 3.63) is 76.7 Å². The lowest BCUT2D eigenvalue weighted by Crippen LogP contribution is -2.04. The molecule has 0 spiro atoms. The van der Waals surface area contributed by atoms with Gasteiger partial charge in [0, 0.05) is 26.8 Å². The van der Waals surface area contributed by atoms with Gasteiger partial charge in [-0.3, -0.25) is 0 Å². The Labute approximate surface area is 255 Å². The molecule has 13 heteroatoms. The van der Waals surface area contributed by atoms with Crippen LogP contribution in [0.2, 0.25) is 0 Å². The highest BCUT2D eigenvalue weighted by atomic mass is 79.9. The van der Waals surface area contributed by atoms with E-state index in [9.17, 15) is 0 Å². The molecule has 0 aliphatic rings. The second kappa shape index (κ2) is 12.2. The van der Waals surface area contributed by atoms with Crippen molar-refractivity contribution < 1.29 is 13.6 Å². The topological polar surface area (TPSA) is 27.7 Å². The summed E-state index contributed by atoms with van der Waals surface area (Å²) in [5.41, 5.74) is 0. The second-order valence-corrected chi connectivity index (χ2v) is 14.3. The summed E-state index contributed by atoms with van der Waals surface area (Å²) < 4.78 is 25.9. The van der Waals surface area contributed by atoms with Crippen molar-refractivity contribution >= 4 is 152 Å². The van der Waals surface area contributed by atoms with E-state index >= 15 is 0 Å². The largest absolute Gasteiger partial charge is 0.530 e. The summed E-state index contributed by atoms with van der Waals surface area (Å²) in [5.74, 6) is 1.67. The minimum absolute atomic E-state index is 0.556. The van der Waals surface area contributed by atoms with Crippen molar-refractivity contribution in [2.75, 3.05) is 0 Å². The molecule has 164 valence electrons. The number of rotatable bonds is 6. The zero-order valence-corrected chi connectivity index (χ0v) is 29.7. The molecule has 0 amide bonds. The Kier molecular flexibility index (Phi) is 10.8. The highest BCUT2D eigenvalue weighted by Gasteiger charge is 2.25. The highest BCUT2D eigenvalue weighted by Crippen LogP contribution is 2.50. The minimum Gasteiger partial charge on any atom is -0.407 e. The number of hydrogen-bond acceptors (Lipinski definition) is 3. The summed E-state index contributed by atoms with van der Waals surface area (Å²) in [4.78, 5) is 0. The summed E-state index contributed by atoms with van der Waals surface area (Å²) in [6, 6.07) is 11.1. The predicted molar refractivity (Wildman–Crippen MR) is 157 cm³/mol. The summed E-state index contributed by atoms with van der Waals surface area (Å²) in [6.45, 7) is 0. The third kappa shape index (κ3) is 7.40. The Hall–Kier alpha value is 1.81. The van der Waals surface area contributed by atoms with E-state index in [1.165, 1.54) is 0 Å². The van der Waals surface area contributed by atoms with Crippen LogP contribution in [0.3, 0.4) is 0 Å². The van der Waals surface area contributed by atoms with Gasteiger partial charge in [-0.25, -0.2) is 0 Å². The van der Waals surface area contributed by atoms with Gasteiger partial charge in [0.1, 0.15) is 17.2 Å². The van der Waals surface area contributed by atoms with Crippen LogP contribution in [0.1, 0.15) is 0 Å². The molecule has 3 aromatic rings. The smallest absolute Gasteiger partial charge is 0.407 e. The maximum absolute atomic E-state index is 6.17. The van der Waals surface area contributed by atoms with Crippen LogP contribution in [0.4, 0.5) is 0 Å². The molecule has 0 aliphatic heterocycles. The highest BCUT2D eigenvalue weighted by molar-refractivity contribution is 9.14. The lowest BCUT2D eigenvalue weighted by Gasteiger charge is -2.20. The minimum atomic E-state index is -1.90. The van der Waals surface area contributed by atoms with Gasteiger partial charge in [-0.1, -0.05) is 0 Å². The standard InChI is InChI=1S/C18H6Br9O3P/c19-7-1-13(25)16(4-10(7)22)28-31(29-17-5-11(23)8(20)2-14(17)26)30-18-6-12(24)9(21)3-15(18)27/h1-6H. The molecule has 0 heterocycles. The van der Waals surface area contributed by atoms with Gasteiger partial charge in [0.25, 0.3) is 0 Å². The Balaban J connectivity index is 1.99. The molecule has 3 aromatic carbocycles. The van der Waals surface area contributed by atoms with E-state index < -0.39 is 8.60 Å². The van der Waals surface area contributed by atoms with Crippen LogP contribution in [0.5, 0.6) is 17.2 Å². The normalized spacial score (nSPS) is 11.0. The molecule has 0 fully saturated rings. The molecule has 31 heavy (non-hydrogen) atoms. The third-order valence-electron chi connectivity index (χ3n) is 3.44. The van der Waals surface area contributed by atoms with Gasteiger partial charge in [0.2, 0.25) is 0 Å². The van der Waals surface area contributed by atoms with Crippen molar-refractivity contribution in [1.82, 2.24) is 0 Å². The molecular formula is C18H6Br9O3P. The third-order valence-corrected chi connectivity index (χ3v) is 11.9. The van der Waals surface area contributed by atoms with Gasteiger partial charge in [-0.2, -0.15) is 0 Å². The van der Waals surface area contributed by atoms with Crippen LogP contribution in [0, 0.1) is 0 Å². The van der Waals surface area contributed by atoms with Crippen LogP contribution >= 0.6 is 152 Å². The fraction of sp³-hybridized carbons (Fsp3) is 0. The quantitative estimate of drug-likeness (QED) is 0.182. The first-order valence-corrected chi connectivity index (χ1v) is 16.1. The van der Waals surface area contributed by atoms with Crippen LogP contribution in [0.15, 0.2) is 76.7 Å². The Morgan fingerprint density at radius 3 is 0.839 bits per heavy atom. The van der Waals surface area contributed by atoms with E-state index in [1.54, 1.807) is 0 Å². The van der Waals surface area contributed by atoms with Crippen LogP contribution in [-0.4, -0.2) is 0 Å². The van der Waals surface area contributed by atoms with Crippen LogP contribution < -0.4 is 13.6 Å². The van der Waals surface area contributed by atoms with Crippen molar-refractivity contribution in [1.29, 1.82) is 0 Å². The Morgan fingerprint density at radius 2 is 0.581 bits per heavy atom. The number of benzene rings is 3. The summed E-state index contributed by atoms with van der Waals surface area (Å²) in [5, 5.41) is 0. The fourth-order valence-electron chi connectivity index (χ4n) is 2.02. The van der Waals surface area contributed by atoms with E-state index in [-0.39, 0.29) is 0 Å². The van der Waals surface area contributed by atoms with Crippen molar-refractivity contribution in [3.63, 3.8) is 0 Å². The molecule has 0 bridgehead atoms. The lowest BCUT2D eigenvalue weighted by atomic mass is 10.3. The van der Waals surface area contributed by atoms with E-state index in [0.29, 0.717) is 17.2 Å². The van der Waals surface area contributed by atoms with Gasteiger partial charge in [-0.15, -0.1) is 0 Å². The predicted octanol–water partition coefficient (Wildman–Crippen LogP) is 12.3. The van der Waals surface area contributed by atoms with Crippen LogP contribution in [-0.2, 0) is 0 Å². The molecule has 0 saturated heterocycles. The summed E-state index contributed by atoms with van der Waals surface area (Å²) >= 11 is 31.5. The average molecular weight is 1020 g/mol.